The number of aromatic hydroxyl groups is 1. The summed E-state index contributed by atoms with van der Waals surface area (Å²) in [6.45, 7) is 2.15. The Morgan fingerprint density at radius 3 is 2.68 bits per heavy atom. The lowest BCUT2D eigenvalue weighted by molar-refractivity contribution is -0.134. The van der Waals surface area contributed by atoms with E-state index in [0.29, 0.717) is 25.1 Å². The van der Waals surface area contributed by atoms with Gasteiger partial charge in [-0.25, -0.2) is 4.98 Å². The molecule has 0 radical (unpaired) electrons. The van der Waals surface area contributed by atoms with Crippen molar-refractivity contribution in [2.75, 3.05) is 33.8 Å². The van der Waals surface area contributed by atoms with Gasteiger partial charge in [-0.15, -0.1) is 0 Å². The van der Waals surface area contributed by atoms with Crippen LogP contribution in [0.15, 0.2) is 48.8 Å². The maximum Gasteiger partial charge on any atom is 0.290 e. The van der Waals surface area contributed by atoms with Crippen LogP contribution in [0.25, 0.3) is 22.2 Å². The van der Waals surface area contributed by atoms with Crippen molar-refractivity contribution in [1.82, 2.24) is 19.4 Å². The molecule has 9 nitrogen and oxygen atoms in total. The van der Waals surface area contributed by atoms with Crippen LogP contribution in [0.4, 0.5) is 0 Å². The van der Waals surface area contributed by atoms with Crippen LogP contribution in [0.1, 0.15) is 18.9 Å². The molecule has 2 N–H and O–H groups in total. The van der Waals surface area contributed by atoms with Crippen LogP contribution in [0.5, 0.6) is 5.75 Å². The van der Waals surface area contributed by atoms with Crippen molar-refractivity contribution in [3.05, 3.63) is 48.8 Å². The van der Waals surface area contributed by atoms with Crippen LogP contribution in [-0.2, 0) is 14.3 Å². The molecule has 1 amide bonds. The molecule has 180 valence electrons. The lowest BCUT2D eigenvalue weighted by Crippen LogP contribution is -2.47. The van der Waals surface area contributed by atoms with E-state index in [9.17, 15) is 9.90 Å². The van der Waals surface area contributed by atoms with Crippen molar-refractivity contribution in [2.45, 2.75) is 31.0 Å². The Bertz CT molecular complexity index is 1160. The number of rotatable bonds is 4. The molecule has 0 unspecified atom stereocenters. The number of hydrogen-bond donors (Lipinski definition) is 2. The summed E-state index contributed by atoms with van der Waals surface area (Å²) in [6.07, 6.45) is 5.34. The van der Waals surface area contributed by atoms with Gasteiger partial charge in [0, 0.05) is 57.2 Å². The Morgan fingerprint density at radius 1 is 1.18 bits per heavy atom. The highest BCUT2D eigenvalue weighted by atomic mass is 16.5. The number of hydrogen-bond acceptors (Lipinski definition) is 6. The SMILES string of the molecule is CN(C)C(=O)C[C@H]1CN2C[C@H](n3ccnc3-c3ccc4cc(O)ccc4c3)C[C@H]2CO1.O=CO. The Morgan fingerprint density at radius 2 is 1.91 bits per heavy atom. The van der Waals surface area contributed by atoms with Crippen molar-refractivity contribution in [1.29, 1.82) is 0 Å². The molecule has 2 aliphatic heterocycles. The number of phenolic OH excluding ortho intramolecular Hbond substituents is 1. The van der Waals surface area contributed by atoms with Gasteiger partial charge in [-0.1, -0.05) is 18.2 Å². The van der Waals surface area contributed by atoms with Gasteiger partial charge >= 0.3 is 0 Å². The van der Waals surface area contributed by atoms with Crippen molar-refractivity contribution >= 4 is 23.2 Å². The number of ether oxygens (including phenoxy) is 1. The van der Waals surface area contributed by atoms with E-state index in [1.807, 2.05) is 18.3 Å². The first-order valence-electron chi connectivity index (χ1n) is 11.3. The Hall–Kier alpha value is -3.43. The quantitative estimate of drug-likeness (QED) is 0.569. The summed E-state index contributed by atoms with van der Waals surface area (Å²) in [4.78, 5) is 29.2. The summed E-state index contributed by atoms with van der Waals surface area (Å²) < 4.78 is 8.29. The van der Waals surface area contributed by atoms with Gasteiger partial charge in [0.15, 0.2) is 0 Å². The van der Waals surface area contributed by atoms with Crippen LogP contribution >= 0.6 is 0 Å². The minimum atomic E-state index is -0.250. The molecule has 2 aromatic carbocycles. The van der Waals surface area contributed by atoms with Gasteiger partial charge in [0.25, 0.3) is 6.47 Å². The fraction of sp³-hybridized carbons (Fsp3) is 0.400. The molecular formula is C25H30N4O5. The number of fused-ring (bicyclic) bond motifs is 2. The highest BCUT2D eigenvalue weighted by molar-refractivity contribution is 5.87. The second-order valence-corrected chi connectivity index (χ2v) is 8.95. The molecule has 0 saturated carbocycles. The van der Waals surface area contributed by atoms with Crippen LogP contribution in [0.3, 0.4) is 0 Å². The lowest BCUT2D eigenvalue weighted by Gasteiger charge is -2.35. The zero-order chi connectivity index (χ0) is 24.2. The van der Waals surface area contributed by atoms with Gasteiger partial charge in [0.1, 0.15) is 11.6 Å². The van der Waals surface area contributed by atoms with E-state index in [1.165, 1.54) is 0 Å². The van der Waals surface area contributed by atoms with E-state index in [-0.39, 0.29) is 24.2 Å². The molecule has 2 fully saturated rings. The minimum absolute atomic E-state index is 0.0379. The normalized spacial score (nSPS) is 22.0. The number of imidazole rings is 1. The molecule has 9 heteroatoms. The van der Waals surface area contributed by atoms with E-state index >= 15 is 0 Å². The molecule has 5 rings (SSSR count). The number of carbonyl (C=O) groups excluding carboxylic acids is 1. The first kappa shape index (κ1) is 23.7. The van der Waals surface area contributed by atoms with Gasteiger partial charge in [-0.3, -0.25) is 14.5 Å². The second-order valence-electron chi connectivity index (χ2n) is 8.95. The number of nitrogens with zero attached hydrogens (tertiary/aromatic N) is 4. The monoisotopic (exact) mass is 466 g/mol. The number of amides is 1. The van der Waals surface area contributed by atoms with Crippen molar-refractivity contribution in [2.24, 2.45) is 0 Å². The molecule has 3 atom stereocenters. The minimum Gasteiger partial charge on any atom is -0.508 e. The molecule has 2 aliphatic rings. The van der Waals surface area contributed by atoms with Gasteiger partial charge in [-0.05, 0) is 35.4 Å². The third kappa shape index (κ3) is 5.05. The highest BCUT2D eigenvalue weighted by Crippen LogP contribution is 2.34. The van der Waals surface area contributed by atoms with Gasteiger partial charge in [-0.2, -0.15) is 0 Å². The smallest absolute Gasteiger partial charge is 0.290 e. The standard InChI is InChI=1S/C24H28N4O3.CH2O2/c1-26(2)23(30)12-22-14-27-13-19(11-20(27)15-31-22)28-8-7-25-24(28)18-4-3-17-10-21(29)6-5-16(17)9-18;2-1-3/h3-10,19-20,22,29H,11-15H2,1-2H3;1H,(H,2,3)/t19-,20+,22+;/m1./s1. The molecule has 0 spiro atoms. The number of carbonyl (C=O) groups is 2. The zero-order valence-corrected chi connectivity index (χ0v) is 19.4. The maximum absolute atomic E-state index is 12.1. The van der Waals surface area contributed by atoms with Gasteiger partial charge in [0.05, 0.1) is 19.1 Å². The summed E-state index contributed by atoms with van der Waals surface area (Å²) in [5.41, 5.74) is 1.07. The molecule has 0 bridgehead atoms. The first-order valence-corrected chi connectivity index (χ1v) is 11.3. The topological polar surface area (TPSA) is 108 Å². The number of morpholine rings is 1. The Kier molecular flexibility index (Phi) is 7.14. The molecule has 3 aromatic rings. The third-order valence-electron chi connectivity index (χ3n) is 6.51. The number of benzene rings is 2. The average Bonchev–Trinajstić information content (AvgIpc) is 3.46. The summed E-state index contributed by atoms with van der Waals surface area (Å²) in [7, 11) is 3.58. The summed E-state index contributed by atoms with van der Waals surface area (Å²) in [6, 6.07) is 12.3. The van der Waals surface area contributed by atoms with Crippen molar-refractivity contribution in [3.8, 4) is 17.1 Å². The largest absolute Gasteiger partial charge is 0.508 e. The first-order chi connectivity index (χ1) is 16.4. The van der Waals surface area contributed by atoms with Crippen LogP contribution in [0.2, 0.25) is 0 Å². The van der Waals surface area contributed by atoms with E-state index in [2.05, 4.69) is 32.8 Å². The molecule has 34 heavy (non-hydrogen) atoms. The maximum atomic E-state index is 12.1. The van der Waals surface area contributed by atoms with Crippen LogP contribution < -0.4 is 0 Å². The van der Waals surface area contributed by atoms with E-state index in [0.717, 1.165) is 41.7 Å². The second kappa shape index (κ2) is 10.2. The van der Waals surface area contributed by atoms with Gasteiger partial charge < -0.3 is 24.4 Å². The molecule has 3 heterocycles. The predicted octanol–water partition coefficient (Wildman–Crippen LogP) is 2.60. The van der Waals surface area contributed by atoms with Crippen LogP contribution in [-0.4, -0.2) is 87.9 Å². The number of phenols is 1. The predicted molar refractivity (Wildman–Crippen MR) is 128 cm³/mol. The zero-order valence-electron chi connectivity index (χ0n) is 19.4. The molecular weight excluding hydrogens is 436 g/mol. The fourth-order valence-corrected chi connectivity index (χ4v) is 4.82. The Labute approximate surface area is 198 Å². The molecule has 0 aliphatic carbocycles. The van der Waals surface area contributed by atoms with Crippen LogP contribution in [0, 0.1) is 0 Å². The number of carboxylic acid groups (broad SMARTS) is 1. The highest BCUT2D eigenvalue weighted by Gasteiger charge is 2.39. The summed E-state index contributed by atoms with van der Waals surface area (Å²) in [5, 5.41) is 18.7. The van der Waals surface area contributed by atoms with E-state index in [4.69, 9.17) is 14.6 Å². The molecule has 1 aromatic heterocycles. The fourth-order valence-electron chi connectivity index (χ4n) is 4.82. The van der Waals surface area contributed by atoms with E-state index < -0.39 is 0 Å². The molecule has 2 saturated heterocycles. The van der Waals surface area contributed by atoms with Crippen molar-refractivity contribution in [3.63, 3.8) is 0 Å². The Balaban J connectivity index is 0.000000868. The third-order valence-corrected chi connectivity index (χ3v) is 6.51. The summed E-state index contributed by atoms with van der Waals surface area (Å²) in [5.74, 6) is 1.35. The van der Waals surface area contributed by atoms with Crippen molar-refractivity contribution < 1.29 is 24.5 Å². The average molecular weight is 467 g/mol. The number of aromatic nitrogens is 2. The van der Waals surface area contributed by atoms with Gasteiger partial charge in [0.2, 0.25) is 5.91 Å². The van der Waals surface area contributed by atoms with E-state index in [1.54, 1.807) is 31.1 Å². The summed E-state index contributed by atoms with van der Waals surface area (Å²) >= 11 is 0. The lowest BCUT2D eigenvalue weighted by atomic mass is 10.1.